The maximum Gasteiger partial charge on any atom is 0.472 e. The smallest absolute Gasteiger partial charge is 0.463 e. The predicted molar refractivity (Wildman–Crippen MR) is 481 cm³/mol. The van der Waals surface area contributed by atoms with Crippen LogP contribution in [0.25, 0.3) is 0 Å². The Bertz CT molecular complexity index is 2920. The standard InChI is InChI=1S/C97H158O16P2/c1-4-7-10-13-16-19-22-25-28-31-33-35-37-39-41-43-45-47-49-51-53-55-57-60-62-65-68-71-74-77-80-83-95(100)107-86-92(98)87-109-114(103,104)110-88-93(99)89-111-115(105,106)112-91-94(113-97(102)85-82-79-76-73-70-67-64-59-30-27-24-21-18-15-12-9-6-3)90-108-96(101)84-81-78-75-72-69-66-63-61-58-56-54-52-50-48-46-44-42-40-38-36-34-32-29-26-23-20-17-14-11-8-5-2/h7-12,16-21,25-30,33-36,39-42,45-48,64,67,73,76,92-94,98-99H,4-6,13-15,22-24,31-32,37-38,43-44,49-63,65-66,68-72,74-75,77-91H2,1-3H3,(H,103,104)(H,105,106)/b10-7-,11-8-,12-9-,19-16-,20-17-,21-18-,28-25-,29-26-,30-27-,35-33-,36-34-,41-39-,42-40-,47-45-,48-46-,67-64-,76-73-. The number of ether oxygens (including phenoxy) is 3. The summed E-state index contributed by atoms with van der Waals surface area (Å²) in [6.45, 7) is 2.27. The largest absolute Gasteiger partial charge is 0.472 e. The number of hydrogen-bond acceptors (Lipinski definition) is 14. The van der Waals surface area contributed by atoms with Crippen LogP contribution in [-0.4, -0.2) is 95.9 Å². The van der Waals surface area contributed by atoms with Crippen molar-refractivity contribution in [2.45, 2.75) is 347 Å². The minimum atomic E-state index is -4.96. The van der Waals surface area contributed by atoms with E-state index in [1.807, 2.05) is 12.2 Å². The fourth-order valence-corrected chi connectivity index (χ4v) is 13.0. The molecule has 0 aliphatic rings. The normalized spacial score (nSPS) is 14.8. The Labute approximate surface area is 699 Å². The highest BCUT2D eigenvalue weighted by atomic mass is 31.2. The molecule has 18 heteroatoms. The zero-order chi connectivity index (χ0) is 83.6. The van der Waals surface area contributed by atoms with E-state index in [1.165, 1.54) is 96.3 Å². The topological polar surface area (TPSA) is 231 Å². The van der Waals surface area contributed by atoms with Crippen LogP contribution in [0.4, 0.5) is 0 Å². The highest BCUT2D eigenvalue weighted by Gasteiger charge is 2.29. The monoisotopic (exact) mass is 1640 g/mol. The minimum Gasteiger partial charge on any atom is -0.463 e. The minimum absolute atomic E-state index is 0.0195. The lowest BCUT2D eigenvalue weighted by Gasteiger charge is -2.21. The van der Waals surface area contributed by atoms with Gasteiger partial charge in [0.1, 0.15) is 25.4 Å². The highest BCUT2D eigenvalue weighted by Crippen LogP contribution is 2.45. The van der Waals surface area contributed by atoms with Gasteiger partial charge in [-0.1, -0.05) is 356 Å². The summed E-state index contributed by atoms with van der Waals surface area (Å²) in [6.07, 6.45) is 117. The molecule has 0 saturated carbocycles. The first kappa shape index (κ1) is 109. The molecule has 0 bridgehead atoms. The Hall–Kier alpha value is -5.87. The number of allylic oxidation sites excluding steroid dienone is 34. The van der Waals surface area contributed by atoms with Gasteiger partial charge in [-0.15, -0.1) is 0 Å². The Morgan fingerprint density at radius 1 is 0.243 bits per heavy atom. The fraction of sp³-hybridized carbons (Fsp3) is 0.619. The van der Waals surface area contributed by atoms with Gasteiger partial charge < -0.3 is 34.2 Å². The van der Waals surface area contributed by atoms with E-state index in [4.69, 9.17) is 32.3 Å². The lowest BCUT2D eigenvalue weighted by atomic mass is 10.0. The third kappa shape index (κ3) is 88.8. The lowest BCUT2D eigenvalue weighted by molar-refractivity contribution is -0.161. The number of phosphoric ester groups is 2. The Morgan fingerprint density at radius 3 is 0.713 bits per heavy atom. The maximum absolute atomic E-state index is 13.0. The van der Waals surface area contributed by atoms with Gasteiger partial charge in [-0.2, -0.15) is 0 Å². The van der Waals surface area contributed by atoms with E-state index >= 15 is 0 Å². The van der Waals surface area contributed by atoms with Crippen LogP contribution in [0.5, 0.6) is 0 Å². The number of esters is 3. The summed E-state index contributed by atoms with van der Waals surface area (Å²) in [5.74, 6) is -1.65. The summed E-state index contributed by atoms with van der Waals surface area (Å²) < 4.78 is 61.3. The molecule has 4 N–H and O–H groups in total. The molecular weight excluding hydrogens is 1480 g/mol. The highest BCUT2D eigenvalue weighted by molar-refractivity contribution is 7.47. The summed E-state index contributed by atoms with van der Waals surface area (Å²) in [4.78, 5) is 58.9. The van der Waals surface area contributed by atoms with Crippen molar-refractivity contribution < 1.29 is 75.8 Å². The van der Waals surface area contributed by atoms with E-state index < -0.39 is 91.5 Å². The number of phosphoric acid groups is 2. The van der Waals surface area contributed by atoms with E-state index in [0.29, 0.717) is 25.7 Å². The van der Waals surface area contributed by atoms with Crippen LogP contribution >= 0.6 is 15.6 Å². The van der Waals surface area contributed by atoms with E-state index in [-0.39, 0.29) is 19.3 Å². The zero-order valence-electron chi connectivity index (χ0n) is 71.6. The molecule has 0 aromatic heterocycles. The van der Waals surface area contributed by atoms with Gasteiger partial charge in [0.05, 0.1) is 26.4 Å². The molecule has 5 atom stereocenters. The molecule has 0 radical (unpaired) electrons. The van der Waals surface area contributed by atoms with Crippen molar-refractivity contribution in [1.82, 2.24) is 0 Å². The molecule has 0 fully saturated rings. The number of aliphatic hydroxyl groups excluding tert-OH is 2. The van der Waals surface area contributed by atoms with Crippen molar-refractivity contribution in [2.75, 3.05) is 39.6 Å². The molecule has 0 saturated heterocycles. The lowest BCUT2D eigenvalue weighted by Crippen LogP contribution is -2.30. The first-order valence-electron chi connectivity index (χ1n) is 44.4. The second-order valence-electron chi connectivity index (χ2n) is 28.9. The molecule has 0 amide bonds. The fourth-order valence-electron chi connectivity index (χ4n) is 11.4. The van der Waals surface area contributed by atoms with E-state index in [0.717, 1.165) is 167 Å². The Balaban J connectivity index is 4.58. The zero-order valence-corrected chi connectivity index (χ0v) is 73.4. The average Bonchev–Trinajstić information content (AvgIpc) is 0.903. The number of carbonyl (C=O) groups is 3. The summed E-state index contributed by atoms with van der Waals surface area (Å²) in [7, 11) is -9.83. The van der Waals surface area contributed by atoms with Gasteiger partial charge in [-0.25, -0.2) is 9.13 Å². The van der Waals surface area contributed by atoms with Crippen molar-refractivity contribution in [3.8, 4) is 0 Å². The van der Waals surface area contributed by atoms with Crippen LogP contribution in [-0.2, 0) is 55.8 Å². The molecule has 652 valence electrons. The molecule has 0 rings (SSSR count). The van der Waals surface area contributed by atoms with E-state index in [9.17, 15) is 43.5 Å². The molecule has 0 heterocycles. The van der Waals surface area contributed by atoms with Crippen molar-refractivity contribution in [3.05, 3.63) is 207 Å². The summed E-state index contributed by atoms with van der Waals surface area (Å²) in [5, 5.41) is 20.7. The third-order valence-electron chi connectivity index (χ3n) is 18.0. The number of rotatable bonds is 82. The second-order valence-corrected chi connectivity index (χ2v) is 31.8. The van der Waals surface area contributed by atoms with Gasteiger partial charge in [0.25, 0.3) is 0 Å². The van der Waals surface area contributed by atoms with Crippen LogP contribution in [0.3, 0.4) is 0 Å². The molecule has 0 aliphatic heterocycles. The quantitative estimate of drug-likeness (QED) is 0.0146. The molecule has 16 nitrogen and oxygen atoms in total. The van der Waals surface area contributed by atoms with Gasteiger partial charge in [0.2, 0.25) is 0 Å². The van der Waals surface area contributed by atoms with Crippen LogP contribution in [0, 0.1) is 0 Å². The number of hydrogen-bond donors (Lipinski definition) is 4. The Kier molecular flexibility index (Phi) is 83.0. The van der Waals surface area contributed by atoms with Crippen molar-refractivity contribution in [3.63, 3.8) is 0 Å². The SMILES string of the molecule is CC/C=C\C/C=C\C/C=C\C/C=C\C/C=C\C/C=C\CCCCCCCCCCCCCCC(=O)OCC(O)COP(=O)(O)OCC(O)COP(=O)(O)OCC(COC(=O)CCCCCCCCCCCCCC/C=C\C/C=C\C/C=C\C/C=C\C/C=C\C/C=C\CC)OC(=O)CCC/C=C\C/C=C\C/C=C\C/C=C\C/C=C\CC. The molecule has 0 aliphatic carbocycles. The molecule has 0 aromatic rings. The summed E-state index contributed by atoms with van der Waals surface area (Å²) >= 11 is 0. The van der Waals surface area contributed by atoms with Crippen LogP contribution in [0.2, 0.25) is 0 Å². The second kappa shape index (κ2) is 87.4. The molecular formula is C97H158O16P2. The van der Waals surface area contributed by atoms with Crippen molar-refractivity contribution in [2.24, 2.45) is 0 Å². The first-order valence-corrected chi connectivity index (χ1v) is 47.4. The molecule has 5 unspecified atom stereocenters. The number of unbranched alkanes of at least 4 members (excludes halogenated alkanes) is 25. The maximum atomic E-state index is 13.0. The summed E-state index contributed by atoms with van der Waals surface area (Å²) in [5.41, 5.74) is 0. The van der Waals surface area contributed by atoms with E-state index in [1.54, 1.807) is 0 Å². The summed E-state index contributed by atoms with van der Waals surface area (Å²) in [6, 6.07) is 0. The van der Waals surface area contributed by atoms with Gasteiger partial charge in [-0.05, 0) is 161 Å². The molecule has 115 heavy (non-hydrogen) atoms. The molecule has 0 spiro atoms. The predicted octanol–water partition coefficient (Wildman–Crippen LogP) is 27.2. The number of aliphatic hydroxyl groups is 2. The molecule has 0 aromatic carbocycles. The third-order valence-corrected chi connectivity index (χ3v) is 19.9. The van der Waals surface area contributed by atoms with Crippen LogP contribution in [0.1, 0.15) is 329 Å². The van der Waals surface area contributed by atoms with E-state index in [2.05, 4.69) is 215 Å². The van der Waals surface area contributed by atoms with Gasteiger partial charge in [0, 0.05) is 19.3 Å². The van der Waals surface area contributed by atoms with Gasteiger partial charge in [0.15, 0.2) is 6.10 Å². The van der Waals surface area contributed by atoms with Crippen molar-refractivity contribution >= 4 is 33.6 Å². The first-order chi connectivity index (χ1) is 56.2. The number of carbonyl (C=O) groups excluding carboxylic acids is 3. The Morgan fingerprint density at radius 2 is 0.443 bits per heavy atom. The van der Waals surface area contributed by atoms with Gasteiger partial charge in [-0.3, -0.25) is 32.5 Å². The average molecular weight is 1640 g/mol. The van der Waals surface area contributed by atoms with Crippen LogP contribution < -0.4 is 0 Å². The van der Waals surface area contributed by atoms with Gasteiger partial charge >= 0.3 is 33.6 Å². The van der Waals surface area contributed by atoms with Crippen molar-refractivity contribution in [1.29, 1.82) is 0 Å². The van der Waals surface area contributed by atoms with Crippen LogP contribution in [0.15, 0.2) is 207 Å².